The van der Waals surface area contributed by atoms with Crippen LogP contribution >= 0.6 is 12.6 Å². The second kappa shape index (κ2) is 4.25. The fourth-order valence-electron chi connectivity index (χ4n) is 0.288. The molecule has 0 heterocycles. The van der Waals surface area contributed by atoms with Gasteiger partial charge in [-0.25, -0.2) is 0 Å². The number of rotatable bonds is 2. The fourth-order valence-corrected chi connectivity index (χ4v) is 0.394. The van der Waals surface area contributed by atoms with Crippen molar-refractivity contribution in [1.29, 1.82) is 0 Å². The van der Waals surface area contributed by atoms with Crippen molar-refractivity contribution in [2.75, 3.05) is 0 Å². The van der Waals surface area contributed by atoms with Gasteiger partial charge in [0.25, 0.3) is 0 Å². The zero-order chi connectivity index (χ0) is 5.70. The van der Waals surface area contributed by atoms with Crippen LogP contribution in [0, 0.1) is 6.08 Å². The molecule has 0 aliphatic carbocycles. The molecule has 0 aliphatic heterocycles. The molecule has 0 aliphatic rings. The molecule has 41 valence electrons. The van der Waals surface area contributed by atoms with Crippen LogP contribution in [0.25, 0.3) is 0 Å². The van der Waals surface area contributed by atoms with Gasteiger partial charge in [-0.3, -0.25) is 0 Å². The van der Waals surface area contributed by atoms with Gasteiger partial charge in [0, 0.05) is 5.25 Å². The van der Waals surface area contributed by atoms with Crippen LogP contribution in [0.3, 0.4) is 0 Å². The first kappa shape index (κ1) is 7.09. The summed E-state index contributed by atoms with van der Waals surface area (Å²) < 4.78 is 0. The summed E-state index contributed by atoms with van der Waals surface area (Å²) in [5.74, 6) is 0. The topological polar surface area (TPSA) is 0 Å². The molecule has 0 aromatic heterocycles. The van der Waals surface area contributed by atoms with Crippen LogP contribution in [0.5, 0.6) is 0 Å². The second-order valence-electron chi connectivity index (χ2n) is 1.55. The standard InChI is InChI=1S/C6H11S/c1-3-4-5-6(2)7/h3,6-7H,5H2,1-2H3. The van der Waals surface area contributed by atoms with E-state index in [9.17, 15) is 0 Å². The Labute approximate surface area is 51.0 Å². The van der Waals surface area contributed by atoms with Crippen molar-refractivity contribution >= 4 is 12.6 Å². The fraction of sp³-hybridized carbons (Fsp3) is 0.667. The Bertz CT molecular complexity index is 55.2. The van der Waals surface area contributed by atoms with E-state index < -0.39 is 0 Å². The number of allylic oxidation sites excluding steroid dienone is 2. The molecule has 0 aromatic carbocycles. The van der Waals surface area contributed by atoms with Gasteiger partial charge in [0.1, 0.15) is 0 Å². The highest BCUT2D eigenvalue weighted by atomic mass is 32.1. The quantitative estimate of drug-likeness (QED) is 0.523. The van der Waals surface area contributed by atoms with Gasteiger partial charge in [-0.2, -0.15) is 12.6 Å². The second-order valence-corrected chi connectivity index (χ2v) is 2.43. The van der Waals surface area contributed by atoms with Gasteiger partial charge >= 0.3 is 0 Å². The Kier molecular flexibility index (Phi) is 4.31. The van der Waals surface area contributed by atoms with Crippen LogP contribution in [0.15, 0.2) is 6.08 Å². The third-order valence-electron chi connectivity index (χ3n) is 0.617. The third kappa shape index (κ3) is 6.09. The first-order chi connectivity index (χ1) is 3.27. The summed E-state index contributed by atoms with van der Waals surface area (Å²) in [6, 6.07) is 0. The van der Waals surface area contributed by atoms with E-state index in [0.29, 0.717) is 5.25 Å². The van der Waals surface area contributed by atoms with Gasteiger partial charge in [0.15, 0.2) is 0 Å². The summed E-state index contributed by atoms with van der Waals surface area (Å²) in [7, 11) is 0. The SMILES string of the molecule is C/C=[C]\CC(C)S. The molecule has 0 rings (SSSR count). The van der Waals surface area contributed by atoms with Crippen molar-refractivity contribution in [3.8, 4) is 0 Å². The van der Waals surface area contributed by atoms with Gasteiger partial charge in [0.2, 0.25) is 0 Å². The Morgan fingerprint density at radius 2 is 2.43 bits per heavy atom. The van der Waals surface area contributed by atoms with Gasteiger partial charge in [-0.15, -0.1) is 0 Å². The molecule has 0 spiro atoms. The molecule has 1 radical (unpaired) electrons. The van der Waals surface area contributed by atoms with E-state index in [1.54, 1.807) is 0 Å². The van der Waals surface area contributed by atoms with E-state index in [2.05, 4.69) is 25.6 Å². The predicted molar refractivity (Wildman–Crippen MR) is 36.6 cm³/mol. The van der Waals surface area contributed by atoms with E-state index in [4.69, 9.17) is 0 Å². The van der Waals surface area contributed by atoms with E-state index in [-0.39, 0.29) is 0 Å². The Hall–Kier alpha value is 0.0900. The maximum Gasteiger partial charge on any atom is 0.00288 e. The first-order valence-electron chi connectivity index (χ1n) is 2.46. The van der Waals surface area contributed by atoms with Crippen molar-refractivity contribution in [1.82, 2.24) is 0 Å². The largest absolute Gasteiger partial charge is 0.176 e. The minimum Gasteiger partial charge on any atom is -0.176 e. The van der Waals surface area contributed by atoms with Gasteiger partial charge < -0.3 is 0 Å². The zero-order valence-corrected chi connectivity index (χ0v) is 5.70. The van der Waals surface area contributed by atoms with Crippen LogP contribution in [0.4, 0.5) is 0 Å². The minimum atomic E-state index is 0.455. The highest BCUT2D eigenvalue weighted by Gasteiger charge is 1.85. The normalized spacial score (nSPS) is 15.3. The molecule has 0 nitrogen and oxygen atoms in total. The van der Waals surface area contributed by atoms with Crippen LogP contribution in [-0.2, 0) is 0 Å². The monoisotopic (exact) mass is 115 g/mol. The van der Waals surface area contributed by atoms with E-state index in [1.807, 2.05) is 13.0 Å². The molecular formula is C6H11S. The average Bonchev–Trinajstić information content (AvgIpc) is 1.61. The maximum absolute atomic E-state index is 4.15. The highest BCUT2D eigenvalue weighted by molar-refractivity contribution is 7.80. The van der Waals surface area contributed by atoms with E-state index in [0.717, 1.165) is 6.42 Å². The molecule has 0 fully saturated rings. The van der Waals surface area contributed by atoms with Gasteiger partial charge in [-0.05, 0) is 19.4 Å². The summed E-state index contributed by atoms with van der Waals surface area (Å²) in [5.41, 5.74) is 0. The molecule has 0 N–H and O–H groups in total. The molecule has 1 heteroatoms. The molecule has 1 unspecified atom stereocenters. The lowest BCUT2D eigenvalue weighted by Crippen LogP contribution is -1.84. The lowest BCUT2D eigenvalue weighted by molar-refractivity contribution is 0.968. The van der Waals surface area contributed by atoms with Crippen LogP contribution in [0.1, 0.15) is 20.3 Å². The van der Waals surface area contributed by atoms with Crippen molar-refractivity contribution in [2.24, 2.45) is 0 Å². The Balaban J connectivity index is 2.97. The summed E-state index contributed by atoms with van der Waals surface area (Å²) in [6.07, 6.45) is 5.93. The summed E-state index contributed by atoms with van der Waals surface area (Å²) >= 11 is 4.15. The average molecular weight is 115 g/mol. The smallest absolute Gasteiger partial charge is 0.00288 e. The molecule has 0 saturated heterocycles. The molecule has 0 aromatic rings. The van der Waals surface area contributed by atoms with E-state index >= 15 is 0 Å². The molecule has 0 saturated carbocycles. The van der Waals surface area contributed by atoms with Gasteiger partial charge in [-0.1, -0.05) is 13.0 Å². The third-order valence-corrected chi connectivity index (χ3v) is 0.800. The Morgan fingerprint density at radius 1 is 1.86 bits per heavy atom. The van der Waals surface area contributed by atoms with Crippen LogP contribution in [0.2, 0.25) is 0 Å². The van der Waals surface area contributed by atoms with Crippen molar-refractivity contribution in [2.45, 2.75) is 25.5 Å². The maximum atomic E-state index is 4.15. The highest BCUT2D eigenvalue weighted by Crippen LogP contribution is 1.97. The lowest BCUT2D eigenvalue weighted by atomic mass is 10.3. The molecule has 7 heavy (non-hydrogen) atoms. The number of hydrogen-bond acceptors (Lipinski definition) is 1. The molecule has 1 atom stereocenters. The number of hydrogen-bond donors (Lipinski definition) is 1. The summed E-state index contributed by atoms with van der Waals surface area (Å²) in [6.45, 7) is 4.02. The van der Waals surface area contributed by atoms with E-state index in [1.165, 1.54) is 0 Å². The van der Waals surface area contributed by atoms with Crippen molar-refractivity contribution in [3.05, 3.63) is 12.2 Å². The van der Waals surface area contributed by atoms with Crippen LogP contribution < -0.4 is 0 Å². The summed E-state index contributed by atoms with van der Waals surface area (Å²) in [5, 5.41) is 0.455. The predicted octanol–water partition coefficient (Wildman–Crippen LogP) is 2.07. The zero-order valence-electron chi connectivity index (χ0n) is 4.81. The van der Waals surface area contributed by atoms with Crippen molar-refractivity contribution < 1.29 is 0 Å². The summed E-state index contributed by atoms with van der Waals surface area (Å²) in [4.78, 5) is 0. The molecule has 0 amide bonds. The minimum absolute atomic E-state index is 0.455. The van der Waals surface area contributed by atoms with Gasteiger partial charge in [0.05, 0.1) is 0 Å². The lowest BCUT2D eigenvalue weighted by Gasteiger charge is -1.92. The van der Waals surface area contributed by atoms with Crippen LogP contribution in [-0.4, -0.2) is 5.25 Å². The van der Waals surface area contributed by atoms with Crippen molar-refractivity contribution in [3.63, 3.8) is 0 Å². The number of thiol groups is 1. The molecule has 0 bridgehead atoms. The molecular weight excluding hydrogens is 104 g/mol. The first-order valence-corrected chi connectivity index (χ1v) is 2.98. The Morgan fingerprint density at radius 3 is 2.57 bits per heavy atom.